The van der Waals surface area contributed by atoms with E-state index in [2.05, 4.69) is 0 Å². The Balaban J connectivity index is 1.76. The van der Waals surface area contributed by atoms with Crippen LogP contribution in [-0.2, 0) is 14.8 Å². The van der Waals surface area contributed by atoms with Crippen molar-refractivity contribution < 1.29 is 13.2 Å². The SMILES string of the molecule is Cc1ccc(S(=O)(=O)N2/C=C(/c3ccccc3)OCC/C(c3ccc(Cl)cc3)=C\C2)cc1. The number of ether oxygens (including phenoxy) is 1. The van der Waals surface area contributed by atoms with Crippen molar-refractivity contribution >= 4 is 33.0 Å². The highest BCUT2D eigenvalue weighted by molar-refractivity contribution is 7.89. The average Bonchev–Trinajstić information content (AvgIpc) is 2.91. The van der Waals surface area contributed by atoms with Crippen molar-refractivity contribution in [3.63, 3.8) is 0 Å². The highest BCUT2D eigenvalue weighted by atomic mass is 35.5. The summed E-state index contributed by atoms with van der Waals surface area (Å²) in [4.78, 5) is 0.243. The van der Waals surface area contributed by atoms with E-state index < -0.39 is 10.0 Å². The van der Waals surface area contributed by atoms with Gasteiger partial charge in [-0.05, 0) is 42.3 Å². The zero-order valence-corrected chi connectivity index (χ0v) is 19.3. The van der Waals surface area contributed by atoms with Crippen LogP contribution in [0.25, 0.3) is 11.3 Å². The first-order chi connectivity index (χ1) is 15.4. The first-order valence-electron chi connectivity index (χ1n) is 10.4. The van der Waals surface area contributed by atoms with Gasteiger partial charge in [0.2, 0.25) is 0 Å². The molecule has 0 N–H and O–H groups in total. The third-order valence-corrected chi connectivity index (χ3v) is 7.30. The van der Waals surface area contributed by atoms with Crippen molar-refractivity contribution in [2.45, 2.75) is 18.2 Å². The van der Waals surface area contributed by atoms with Gasteiger partial charge in [-0.1, -0.05) is 77.8 Å². The molecular weight excluding hydrogens is 442 g/mol. The fraction of sp³-hybridized carbons (Fsp3) is 0.154. The third-order valence-electron chi connectivity index (χ3n) is 5.31. The van der Waals surface area contributed by atoms with Gasteiger partial charge in [-0.15, -0.1) is 0 Å². The van der Waals surface area contributed by atoms with Crippen LogP contribution in [0.1, 0.15) is 23.1 Å². The molecule has 0 bridgehead atoms. The lowest BCUT2D eigenvalue weighted by molar-refractivity contribution is 0.283. The first kappa shape index (κ1) is 22.2. The van der Waals surface area contributed by atoms with Gasteiger partial charge in [0.25, 0.3) is 10.0 Å². The predicted octanol–water partition coefficient (Wildman–Crippen LogP) is 6.14. The number of rotatable bonds is 4. The Morgan fingerprint density at radius 2 is 1.56 bits per heavy atom. The van der Waals surface area contributed by atoms with E-state index in [1.54, 1.807) is 30.5 Å². The Bertz CT molecular complexity index is 1230. The fourth-order valence-corrected chi connectivity index (χ4v) is 4.88. The van der Waals surface area contributed by atoms with Gasteiger partial charge in [-0.3, -0.25) is 4.31 Å². The molecule has 0 aromatic heterocycles. The van der Waals surface area contributed by atoms with Crippen molar-refractivity contribution in [1.29, 1.82) is 0 Å². The lowest BCUT2D eigenvalue weighted by Gasteiger charge is -2.21. The topological polar surface area (TPSA) is 46.6 Å². The Morgan fingerprint density at radius 1 is 0.875 bits per heavy atom. The molecule has 1 heterocycles. The van der Waals surface area contributed by atoms with E-state index in [0.29, 0.717) is 23.8 Å². The van der Waals surface area contributed by atoms with Crippen LogP contribution in [0.3, 0.4) is 0 Å². The summed E-state index contributed by atoms with van der Waals surface area (Å²) in [5.41, 5.74) is 3.83. The summed E-state index contributed by atoms with van der Waals surface area (Å²) in [7, 11) is -3.78. The van der Waals surface area contributed by atoms with Gasteiger partial charge in [0, 0.05) is 17.0 Å². The highest BCUT2D eigenvalue weighted by Gasteiger charge is 2.23. The zero-order valence-electron chi connectivity index (χ0n) is 17.7. The van der Waals surface area contributed by atoms with Crippen molar-refractivity contribution in [2.75, 3.05) is 13.2 Å². The lowest BCUT2D eigenvalue weighted by atomic mass is 10.0. The minimum atomic E-state index is -3.78. The fourth-order valence-electron chi connectivity index (χ4n) is 3.49. The number of hydrogen-bond acceptors (Lipinski definition) is 3. The average molecular weight is 466 g/mol. The molecule has 4 rings (SSSR count). The molecule has 3 aromatic carbocycles. The first-order valence-corrected chi connectivity index (χ1v) is 12.2. The summed E-state index contributed by atoms with van der Waals surface area (Å²) in [5.74, 6) is 0.520. The molecule has 0 atom stereocenters. The molecule has 1 aliphatic rings. The molecule has 0 fully saturated rings. The molecule has 32 heavy (non-hydrogen) atoms. The van der Waals surface area contributed by atoms with Gasteiger partial charge in [0.15, 0.2) is 0 Å². The second-order valence-corrected chi connectivity index (χ2v) is 9.91. The van der Waals surface area contributed by atoms with Crippen LogP contribution in [0.5, 0.6) is 0 Å². The van der Waals surface area contributed by atoms with Gasteiger partial charge < -0.3 is 4.74 Å². The van der Waals surface area contributed by atoms with E-state index in [1.807, 2.05) is 67.6 Å². The maximum atomic E-state index is 13.5. The molecule has 0 amide bonds. The van der Waals surface area contributed by atoms with Crippen molar-refractivity contribution in [3.8, 4) is 0 Å². The molecule has 0 radical (unpaired) electrons. The molecular formula is C26H24ClNO3S. The molecule has 6 heteroatoms. The quantitative estimate of drug-likeness (QED) is 0.464. The molecule has 3 aromatic rings. The molecule has 164 valence electrons. The summed E-state index contributed by atoms with van der Waals surface area (Å²) in [6.07, 6.45) is 4.18. The largest absolute Gasteiger partial charge is 0.491 e. The zero-order chi connectivity index (χ0) is 22.6. The van der Waals surface area contributed by atoms with E-state index in [0.717, 1.165) is 22.3 Å². The van der Waals surface area contributed by atoms with Crippen LogP contribution < -0.4 is 0 Å². The van der Waals surface area contributed by atoms with Crippen molar-refractivity contribution in [3.05, 3.63) is 113 Å². The molecule has 0 saturated heterocycles. The van der Waals surface area contributed by atoms with Crippen LogP contribution >= 0.6 is 11.6 Å². The van der Waals surface area contributed by atoms with Crippen molar-refractivity contribution in [2.24, 2.45) is 0 Å². The van der Waals surface area contributed by atoms with Crippen LogP contribution in [0.4, 0.5) is 0 Å². The van der Waals surface area contributed by atoms with E-state index >= 15 is 0 Å². The van der Waals surface area contributed by atoms with Crippen LogP contribution in [0.15, 0.2) is 96.0 Å². The number of halogens is 1. The number of sulfonamides is 1. The highest BCUT2D eigenvalue weighted by Crippen LogP contribution is 2.27. The number of nitrogens with zero attached hydrogens (tertiary/aromatic N) is 1. The maximum Gasteiger partial charge on any atom is 0.264 e. The minimum Gasteiger partial charge on any atom is -0.491 e. The second-order valence-electron chi connectivity index (χ2n) is 7.58. The standard InChI is InChI=1S/C26H24ClNO3S/c1-20-7-13-25(14-8-20)32(29,30)28-17-15-22(21-9-11-24(27)12-10-21)16-18-31-26(19-28)23-5-3-2-4-6-23/h2-15,19H,16-18H2,1H3/b22-15+,26-19-. The molecule has 0 unspecified atom stereocenters. The summed E-state index contributed by atoms with van der Waals surface area (Å²) in [6.45, 7) is 2.54. The number of aryl methyl sites for hydroxylation is 1. The van der Waals surface area contributed by atoms with Gasteiger partial charge in [-0.2, -0.15) is 0 Å². The maximum absolute atomic E-state index is 13.5. The summed E-state index contributed by atoms with van der Waals surface area (Å²) < 4.78 is 34.5. The van der Waals surface area contributed by atoms with Crippen LogP contribution in [-0.4, -0.2) is 25.9 Å². The molecule has 4 nitrogen and oxygen atoms in total. The number of benzene rings is 3. The Kier molecular flexibility index (Phi) is 6.68. The van der Waals surface area contributed by atoms with Crippen LogP contribution in [0.2, 0.25) is 5.02 Å². The van der Waals surface area contributed by atoms with Crippen molar-refractivity contribution in [1.82, 2.24) is 4.31 Å². The Labute approximate surface area is 194 Å². The van der Waals surface area contributed by atoms with Gasteiger partial charge in [-0.25, -0.2) is 8.42 Å². The van der Waals surface area contributed by atoms with Gasteiger partial charge in [0.05, 0.1) is 24.2 Å². The van der Waals surface area contributed by atoms with Crippen LogP contribution in [0, 0.1) is 6.92 Å². The lowest BCUT2D eigenvalue weighted by Crippen LogP contribution is -2.27. The Hall–Kier alpha value is -3.02. The van der Waals surface area contributed by atoms with Gasteiger partial charge in [0.1, 0.15) is 5.76 Å². The molecule has 0 aliphatic carbocycles. The molecule has 1 aliphatic heterocycles. The molecule has 0 spiro atoms. The summed E-state index contributed by atoms with van der Waals surface area (Å²) in [5, 5.41) is 0.658. The Morgan fingerprint density at radius 3 is 2.25 bits per heavy atom. The molecule has 0 saturated carbocycles. The van der Waals surface area contributed by atoms with E-state index in [9.17, 15) is 8.42 Å². The number of hydrogen-bond donors (Lipinski definition) is 0. The predicted molar refractivity (Wildman–Crippen MR) is 129 cm³/mol. The minimum absolute atomic E-state index is 0.188. The monoisotopic (exact) mass is 465 g/mol. The summed E-state index contributed by atoms with van der Waals surface area (Å²) >= 11 is 6.04. The third kappa shape index (κ3) is 5.06. The summed E-state index contributed by atoms with van der Waals surface area (Å²) in [6, 6.07) is 24.0. The normalized spacial score (nSPS) is 18.2. The van der Waals surface area contributed by atoms with E-state index in [4.69, 9.17) is 16.3 Å². The van der Waals surface area contributed by atoms with E-state index in [-0.39, 0.29) is 11.4 Å². The van der Waals surface area contributed by atoms with E-state index in [1.165, 1.54) is 4.31 Å². The van der Waals surface area contributed by atoms with Gasteiger partial charge >= 0.3 is 0 Å². The second kappa shape index (κ2) is 9.63. The smallest absolute Gasteiger partial charge is 0.264 e.